The van der Waals surface area contributed by atoms with Gasteiger partial charge >= 0.3 is 0 Å². The van der Waals surface area contributed by atoms with Gasteiger partial charge in [-0.3, -0.25) is 0 Å². The van der Waals surface area contributed by atoms with E-state index in [0.717, 1.165) is 47.7 Å². The Balaban J connectivity index is 1.09. The predicted molar refractivity (Wildman–Crippen MR) is 234 cm³/mol. The summed E-state index contributed by atoms with van der Waals surface area (Å²) in [4.78, 5) is 14.7. The van der Waals surface area contributed by atoms with Crippen LogP contribution < -0.4 is 0 Å². The third-order valence-corrected chi connectivity index (χ3v) is 11.5. The zero-order valence-electron chi connectivity index (χ0n) is 35.8. The van der Waals surface area contributed by atoms with E-state index < -0.39 is 0 Å². The molecule has 0 spiro atoms. The van der Waals surface area contributed by atoms with Crippen molar-refractivity contribution in [3.8, 4) is 56.4 Å². The molecule has 6 heteroatoms. The van der Waals surface area contributed by atoms with Crippen LogP contribution in [0.15, 0.2) is 185 Å². The highest BCUT2D eigenvalue weighted by atomic mass is 32.1. The SMILES string of the molecule is [2H]c1c(-c2ccc3sc4ccccc4c3c2)c([2H])c2c(oc3c([2H])c(-c4nc(-c5ccccc5)nc(-c5cc(-c6ccccc6)c6c(c5)oc5ccccc56)n4)c([2H])c([2H])c32)c1[2H]. The average molecular weight is 754 g/mol. The summed E-state index contributed by atoms with van der Waals surface area (Å²) in [6.45, 7) is 0. The molecule has 0 saturated heterocycles. The van der Waals surface area contributed by atoms with Crippen LogP contribution in [0.25, 0.3) is 120 Å². The topological polar surface area (TPSA) is 65.0 Å². The van der Waals surface area contributed by atoms with E-state index in [1.165, 1.54) is 0 Å². The molecule has 0 radical (unpaired) electrons. The number of nitrogens with zero attached hydrogens (tertiary/aromatic N) is 3. The van der Waals surface area contributed by atoms with E-state index >= 15 is 0 Å². The minimum absolute atomic E-state index is 0.0222. The highest BCUT2D eigenvalue weighted by Gasteiger charge is 2.19. The Kier molecular flexibility index (Phi) is 5.82. The average Bonchev–Trinajstić information content (AvgIpc) is 4.03. The monoisotopic (exact) mass is 753 g/mol. The molecule has 12 aromatic rings. The summed E-state index contributed by atoms with van der Waals surface area (Å²) in [5.74, 6) is 0.526. The summed E-state index contributed by atoms with van der Waals surface area (Å²) < 4.78 is 71.1. The molecule has 5 nitrogen and oxygen atoms in total. The maximum Gasteiger partial charge on any atom is 0.164 e. The zero-order valence-corrected chi connectivity index (χ0v) is 30.7. The number of para-hydroxylation sites is 1. The van der Waals surface area contributed by atoms with E-state index in [4.69, 9.17) is 26.5 Å². The Hall–Kier alpha value is -7.41. The van der Waals surface area contributed by atoms with Gasteiger partial charge in [-0.25, -0.2) is 15.0 Å². The molecule has 0 aliphatic rings. The summed E-state index contributed by atoms with van der Waals surface area (Å²) in [6.07, 6.45) is 0. The minimum Gasteiger partial charge on any atom is -0.456 e. The maximum atomic E-state index is 9.59. The Morgan fingerprint density at radius 1 is 0.386 bits per heavy atom. The maximum absolute atomic E-state index is 9.59. The van der Waals surface area contributed by atoms with Gasteiger partial charge in [-0.2, -0.15) is 0 Å². The molecule has 0 aliphatic heterocycles. The van der Waals surface area contributed by atoms with E-state index in [0.29, 0.717) is 22.3 Å². The first kappa shape index (κ1) is 26.4. The van der Waals surface area contributed by atoms with Gasteiger partial charge in [0.1, 0.15) is 22.3 Å². The summed E-state index contributed by atoms with van der Waals surface area (Å²) in [7, 11) is 0. The van der Waals surface area contributed by atoms with E-state index in [-0.39, 0.29) is 86.8 Å². The lowest BCUT2D eigenvalue weighted by Gasteiger charge is -2.11. The van der Waals surface area contributed by atoms with Crippen LogP contribution in [0, 0.1) is 0 Å². The number of aromatic nitrogens is 3. The molecule has 4 aromatic heterocycles. The van der Waals surface area contributed by atoms with Crippen molar-refractivity contribution in [2.75, 3.05) is 0 Å². The first-order chi connectivity index (χ1) is 30.7. The second-order valence-corrected chi connectivity index (χ2v) is 14.9. The van der Waals surface area contributed by atoms with Crippen molar-refractivity contribution in [2.24, 2.45) is 0 Å². The molecular formula is C51H29N3O2S. The molecule has 0 atom stereocenters. The number of furan rings is 2. The van der Waals surface area contributed by atoms with Crippen LogP contribution in [0.4, 0.5) is 0 Å². The van der Waals surface area contributed by atoms with Crippen LogP contribution >= 0.6 is 11.3 Å². The third kappa shape index (κ3) is 5.26. The lowest BCUT2D eigenvalue weighted by atomic mass is 9.97. The predicted octanol–water partition coefficient (Wildman–Crippen LogP) is 14.4. The van der Waals surface area contributed by atoms with Crippen LogP contribution in [-0.2, 0) is 0 Å². The molecule has 0 fully saturated rings. The highest BCUT2D eigenvalue weighted by Crippen LogP contribution is 2.41. The molecule has 266 valence electrons. The first-order valence-electron chi connectivity index (χ1n) is 21.4. The lowest BCUT2D eigenvalue weighted by molar-refractivity contribution is 0.669. The van der Waals surface area contributed by atoms with Crippen LogP contribution in [0.3, 0.4) is 0 Å². The van der Waals surface area contributed by atoms with Gasteiger partial charge in [0.15, 0.2) is 17.5 Å². The summed E-state index contributed by atoms with van der Waals surface area (Å²) in [6, 6.07) is 43.4. The zero-order chi connectivity index (χ0) is 42.7. The minimum atomic E-state index is -0.349. The molecule has 0 N–H and O–H groups in total. The molecule has 12 rings (SSSR count). The standard InChI is InChI=1S/C51H29N3O2S/c1-3-11-30(12-4-1)39-27-35(29-45-48(39)38-16-7-9-17-42(38)56-45)51-53-49(31-13-5-2-6-14-31)52-50(54-51)34-19-22-36-40-25-32(20-23-43(40)55-44(36)28-34)33-21-24-47-41(26-33)37-15-8-10-18-46(37)57-47/h1-29H/i19D,20D,22D,23D,25D,28D. The van der Waals surface area contributed by atoms with Crippen molar-refractivity contribution in [3.63, 3.8) is 0 Å². The fourth-order valence-corrected chi connectivity index (χ4v) is 8.78. The molecule has 0 amide bonds. The van der Waals surface area contributed by atoms with Crippen LogP contribution in [0.1, 0.15) is 8.22 Å². The number of rotatable bonds is 5. The lowest BCUT2D eigenvalue weighted by Crippen LogP contribution is -2.00. The third-order valence-electron chi connectivity index (χ3n) is 10.4. The van der Waals surface area contributed by atoms with E-state index in [9.17, 15) is 5.48 Å². The fraction of sp³-hybridized carbons (Fsp3) is 0. The highest BCUT2D eigenvalue weighted by molar-refractivity contribution is 7.25. The molecule has 0 saturated carbocycles. The van der Waals surface area contributed by atoms with E-state index in [1.54, 1.807) is 11.3 Å². The smallest absolute Gasteiger partial charge is 0.164 e. The van der Waals surface area contributed by atoms with E-state index in [2.05, 4.69) is 6.07 Å². The number of fused-ring (bicyclic) bond motifs is 9. The van der Waals surface area contributed by atoms with Gasteiger partial charge < -0.3 is 8.83 Å². The van der Waals surface area contributed by atoms with Crippen LogP contribution in [0.2, 0.25) is 0 Å². The largest absolute Gasteiger partial charge is 0.456 e. The van der Waals surface area contributed by atoms with Crippen molar-refractivity contribution >= 4 is 75.4 Å². The number of thiophene rings is 1. The Morgan fingerprint density at radius 3 is 1.89 bits per heavy atom. The van der Waals surface area contributed by atoms with Gasteiger partial charge in [-0.05, 0) is 82.8 Å². The normalized spacial score (nSPS) is 13.3. The van der Waals surface area contributed by atoms with Gasteiger partial charge in [0.2, 0.25) is 0 Å². The number of hydrogen-bond acceptors (Lipinski definition) is 6. The second-order valence-electron chi connectivity index (χ2n) is 13.9. The second kappa shape index (κ2) is 12.6. The molecule has 4 heterocycles. The summed E-state index contributed by atoms with van der Waals surface area (Å²) in [5, 5.41) is 4.09. The van der Waals surface area contributed by atoms with Crippen LogP contribution in [0.5, 0.6) is 0 Å². The van der Waals surface area contributed by atoms with Gasteiger partial charge in [0.05, 0.1) is 8.22 Å². The van der Waals surface area contributed by atoms with Crippen molar-refractivity contribution in [2.45, 2.75) is 0 Å². The quantitative estimate of drug-likeness (QED) is 0.175. The molecule has 8 aromatic carbocycles. The van der Waals surface area contributed by atoms with Crippen molar-refractivity contribution in [1.82, 2.24) is 15.0 Å². The molecule has 57 heavy (non-hydrogen) atoms. The number of benzene rings is 8. The molecule has 0 aliphatic carbocycles. The molecular weight excluding hydrogens is 719 g/mol. The van der Waals surface area contributed by atoms with Gasteiger partial charge in [0, 0.05) is 58.4 Å². The molecule has 0 unspecified atom stereocenters. The molecule has 0 bridgehead atoms. The van der Waals surface area contributed by atoms with Gasteiger partial charge in [-0.1, -0.05) is 115 Å². The number of hydrogen-bond donors (Lipinski definition) is 0. The van der Waals surface area contributed by atoms with Crippen molar-refractivity contribution in [1.29, 1.82) is 0 Å². The Morgan fingerprint density at radius 2 is 1.05 bits per heavy atom. The summed E-state index contributed by atoms with van der Waals surface area (Å²) >= 11 is 1.66. The van der Waals surface area contributed by atoms with Crippen molar-refractivity contribution in [3.05, 3.63) is 176 Å². The van der Waals surface area contributed by atoms with Gasteiger partial charge in [0.25, 0.3) is 0 Å². The van der Waals surface area contributed by atoms with Crippen LogP contribution in [-0.4, -0.2) is 15.0 Å². The fourth-order valence-electron chi connectivity index (χ4n) is 7.69. The Labute approximate surface area is 338 Å². The summed E-state index contributed by atoms with van der Waals surface area (Å²) in [5.41, 5.74) is 5.03. The Bertz CT molecular complexity index is 3880. The van der Waals surface area contributed by atoms with Crippen molar-refractivity contribution < 1.29 is 17.1 Å². The first-order valence-corrected chi connectivity index (χ1v) is 19.3. The van der Waals surface area contributed by atoms with Gasteiger partial charge in [-0.15, -0.1) is 11.3 Å². The van der Waals surface area contributed by atoms with E-state index in [1.807, 2.05) is 133 Å².